The smallest absolute Gasteiger partial charge is 0.129 e. The van der Waals surface area contributed by atoms with E-state index < -0.39 is 0 Å². The highest BCUT2D eigenvalue weighted by atomic mass is 79.9. The molecule has 2 nitrogen and oxygen atoms in total. The van der Waals surface area contributed by atoms with Gasteiger partial charge in [-0.25, -0.2) is 4.39 Å². The van der Waals surface area contributed by atoms with E-state index in [0.717, 1.165) is 22.5 Å². The van der Waals surface area contributed by atoms with Crippen LogP contribution in [0.2, 0.25) is 0 Å². The van der Waals surface area contributed by atoms with Crippen LogP contribution in [-0.2, 0) is 0 Å². The number of hydrogen-bond acceptors (Lipinski definition) is 2. The Hall–Kier alpha value is -0.450. The number of nitrogens with two attached hydrogens (primary N) is 1. The molecule has 0 radical (unpaired) electrons. The van der Waals surface area contributed by atoms with Crippen molar-refractivity contribution >= 4 is 15.9 Å². The molecule has 2 fully saturated rings. The Morgan fingerprint density at radius 3 is 2.76 bits per heavy atom. The average Bonchev–Trinajstić information content (AvgIpc) is 2.50. The van der Waals surface area contributed by atoms with Gasteiger partial charge in [0, 0.05) is 22.6 Å². The highest BCUT2D eigenvalue weighted by Gasteiger charge is 2.37. The molecule has 4 heteroatoms. The van der Waals surface area contributed by atoms with Crippen molar-refractivity contribution in [3.8, 4) is 0 Å². The molecule has 0 bridgehead atoms. The van der Waals surface area contributed by atoms with Gasteiger partial charge in [0.1, 0.15) is 5.82 Å². The Kier molecular flexibility index (Phi) is 4.97. The molecule has 116 valence electrons. The summed E-state index contributed by atoms with van der Waals surface area (Å²) in [6, 6.07) is 5.99. The summed E-state index contributed by atoms with van der Waals surface area (Å²) in [7, 11) is 0. The first-order valence-electron chi connectivity index (χ1n) is 8.11. The van der Waals surface area contributed by atoms with Crippen LogP contribution in [0.15, 0.2) is 22.7 Å². The van der Waals surface area contributed by atoms with E-state index in [4.69, 9.17) is 5.73 Å². The molecule has 1 saturated carbocycles. The second-order valence-electron chi connectivity index (χ2n) is 6.41. The zero-order valence-electron chi connectivity index (χ0n) is 12.4. The molecule has 2 aliphatic rings. The van der Waals surface area contributed by atoms with Gasteiger partial charge in [-0.15, -0.1) is 0 Å². The van der Waals surface area contributed by atoms with Gasteiger partial charge in [-0.05, 0) is 50.3 Å². The fourth-order valence-corrected chi connectivity index (χ4v) is 4.60. The Balaban J connectivity index is 1.87. The van der Waals surface area contributed by atoms with E-state index in [1.165, 1.54) is 38.5 Å². The molecule has 21 heavy (non-hydrogen) atoms. The number of fused-ring (bicyclic) bond motifs is 1. The van der Waals surface area contributed by atoms with E-state index >= 15 is 0 Å². The summed E-state index contributed by atoms with van der Waals surface area (Å²) in [6.07, 6.45) is 7.80. The fourth-order valence-electron chi connectivity index (χ4n) is 4.26. The molecule has 1 saturated heterocycles. The largest absolute Gasteiger partial charge is 0.329 e. The van der Waals surface area contributed by atoms with Crippen LogP contribution in [0.3, 0.4) is 0 Å². The molecule has 0 aromatic heterocycles. The molecule has 3 unspecified atom stereocenters. The average molecular weight is 355 g/mol. The lowest BCUT2D eigenvalue weighted by atomic mass is 9.77. The van der Waals surface area contributed by atoms with Crippen LogP contribution in [0.5, 0.6) is 0 Å². The molecule has 1 aliphatic heterocycles. The maximum absolute atomic E-state index is 14.4. The Labute approximate surface area is 135 Å². The Bertz CT molecular complexity index is 492. The third-order valence-electron chi connectivity index (χ3n) is 5.23. The molecule has 1 aliphatic carbocycles. The van der Waals surface area contributed by atoms with Gasteiger partial charge in [0.05, 0.1) is 6.04 Å². The molecule has 2 N–H and O–H groups in total. The van der Waals surface area contributed by atoms with Crippen LogP contribution in [0.1, 0.15) is 50.1 Å². The molecular formula is C17H24BrFN2. The van der Waals surface area contributed by atoms with Gasteiger partial charge in [-0.2, -0.15) is 0 Å². The molecule has 0 spiro atoms. The third-order valence-corrected chi connectivity index (χ3v) is 5.72. The number of halogens is 2. The zero-order valence-corrected chi connectivity index (χ0v) is 14.0. The lowest BCUT2D eigenvalue weighted by Gasteiger charge is -2.47. The summed E-state index contributed by atoms with van der Waals surface area (Å²) in [5.74, 6) is 0.651. The first kappa shape index (κ1) is 15.4. The van der Waals surface area contributed by atoms with E-state index in [9.17, 15) is 4.39 Å². The number of rotatable bonds is 3. The first-order valence-corrected chi connectivity index (χ1v) is 8.90. The SMILES string of the molecule is NCC(c1ccc(Br)cc1F)N1CCCC2CCCCC21. The minimum atomic E-state index is -0.141. The summed E-state index contributed by atoms with van der Waals surface area (Å²) in [6.45, 7) is 1.54. The summed E-state index contributed by atoms with van der Waals surface area (Å²) in [4.78, 5) is 2.50. The number of nitrogens with zero attached hydrogens (tertiary/aromatic N) is 1. The molecule has 3 rings (SSSR count). The summed E-state index contributed by atoms with van der Waals surface area (Å²) < 4.78 is 15.1. The second kappa shape index (κ2) is 6.76. The van der Waals surface area contributed by atoms with Crippen LogP contribution >= 0.6 is 15.9 Å². The van der Waals surface area contributed by atoms with Gasteiger partial charge >= 0.3 is 0 Å². The molecule has 1 aromatic carbocycles. The van der Waals surface area contributed by atoms with Crippen LogP contribution in [0.25, 0.3) is 0 Å². The zero-order chi connectivity index (χ0) is 14.8. The van der Waals surface area contributed by atoms with Crippen LogP contribution in [0.4, 0.5) is 4.39 Å². The third kappa shape index (κ3) is 3.17. The van der Waals surface area contributed by atoms with Crippen LogP contribution in [-0.4, -0.2) is 24.0 Å². The maximum Gasteiger partial charge on any atom is 0.129 e. The topological polar surface area (TPSA) is 29.3 Å². The molecule has 3 atom stereocenters. The van der Waals surface area contributed by atoms with Crippen molar-refractivity contribution < 1.29 is 4.39 Å². The second-order valence-corrected chi connectivity index (χ2v) is 7.32. The minimum Gasteiger partial charge on any atom is -0.329 e. The Morgan fingerprint density at radius 2 is 2.00 bits per heavy atom. The van der Waals surface area contributed by atoms with Gasteiger partial charge in [0.2, 0.25) is 0 Å². The van der Waals surface area contributed by atoms with Crippen molar-refractivity contribution in [2.24, 2.45) is 11.7 Å². The molecule has 1 heterocycles. The predicted octanol–water partition coefficient (Wildman–Crippen LogP) is 4.24. The summed E-state index contributed by atoms with van der Waals surface area (Å²) >= 11 is 3.33. The van der Waals surface area contributed by atoms with E-state index in [2.05, 4.69) is 20.8 Å². The van der Waals surface area contributed by atoms with E-state index in [1.807, 2.05) is 12.1 Å². The lowest BCUT2D eigenvalue weighted by molar-refractivity contribution is 0.0265. The molecule has 0 amide bonds. The van der Waals surface area contributed by atoms with Gasteiger partial charge in [0.15, 0.2) is 0 Å². The molecular weight excluding hydrogens is 331 g/mol. The van der Waals surface area contributed by atoms with Crippen LogP contribution in [0, 0.1) is 11.7 Å². The Morgan fingerprint density at radius 1 is 1.24 bits per heavy atom. The number of piperidine rings is 1. The number of likely N-dealkylation sites (tertiary alicyclic amines) is 1. The van der Waals surface area contributed by atoms with Crippen molar-refractivity contribution in [1.29, 1.82) is 0 Å². The maximum atomic E-state index is 14.4. The quantitative estimate of drug-likeness (QED) is 0.879. The first-order chi connectivity index (χ1) is 10.2. The standard InChI is InChI=1S/C17H24BrFN2/c18-13-7-8-14(15(19)10-13)17(11-20)21-9-3-5-12-4-1-2-6-16(12)21/h7-8,10,12,16-17H,1-6,9,11,20H2. The highest BCUT2D eigenvalue weighted by Crippen LogP contribution is 2.39. The summed E-state index contributed by atoms with van der Waals surface area (Å²) in [5.41, 5.74) is 6.80. The van der Waals surface area contributed by atoms with Gasteiger partial charge < -0.3 is 5.73 Å². The fraction of sp³-hybridized carbons (Fsp3) is 0.647. The van der Waals surface area contributed by atoms with Crippen molar-refractivity contribution in [2.75, 3.05) is 13.1 Å². The van der Waals surface area contributed by atoms with Crippen molar-refractivity contribution in [3.63, 3.8) is 0 Å². The predicted molar refractivity (Wildman–Crippen MR) is 87.6 cm³/mol. The van der Waals surface area contributed by atoms with Crippen molar-refractivity contribution in [3.05, 3.63) is 34.1 Å². The van der Waals surface area contributed by atoms with E-state index in [0.29, 0.717) is 12.6 Å². The summed E-state index contributed by atoms with van der Waals surface area (Å²) in [5, 5.41) is 0. The monoisotopic (exact) mass is 354 g/mol. The van der Waals surface area contributed by atoms with Gasteiger partial charge in [0.25, 0.3) is 0 Å². The highest BCUT2D eigenvalue weighted by molar-refractivity contribution is 9.10. The van der Waals surface area contributed by atoms with Crippen molar-refractivity contribution in [1.82, 2.24) is 4.90 Å². The van der Waals surface area contributed by atoms with Crippen LogP contribution < -0.4 is 5.73 Å². The number of hydrogen-bond donors (Lipinski definition) is 1. The van der Waals surface area contributed by atoms with Gasteiger partial charge in [-0.1, -0.05) is 34.8 Å². The van der Waals surface area contributed by atoms with E-state index in [-0.39, 0.29) is 11.9 Å². The lowest BCUT2D eigenvalue weighted by Crippen LogP contribution is -2.50. The normalized spacial score (nSPS) is 28.1. The van der Waals surface area contributed by atoms with Crippen molar-refractivity contribution in [2.45, 2.75) is 50.6 Å². The van der Waals surface area contributed by atoms with Gasteiger partial charge in [-0.3, -0.25) is 4.90 Å². The van der Waals surface area contributed by atoms with E-state index in [1.54, 1.807) is 6.07 Å². The number of benzene rings is 1. The molecule has 1 aromatic rings. The minimum absolute atomic E-state index is 0.0176.